The van der Waals surface area contributed by atoms with Crippen molar-refractivity contribution in [3.8, 4) is 5.75 Å². The van der Waals surface area contributed by atoms with Crippen molar-refractivity contribution in [1.29, 1.82) is 0 Å². The summed E-state index contributed by atoms with van der Waals surface area (Å²) in [7, 11) is 0. The minimum atomic E-state index is -0.320. The van der Waals surface area contributed by atoms with E-state index in [1.54, 1.807) is 12.1 Å². The molecule has 4 N–H and O–H groups in total. The molecule has 174 valence electrons. The fourth-order valence-electron chi connectivity index (χ4n) is 4.58. The number of fused-ring (bicyclic) bond motifs is 6. The Morgan fingerprint density at radius 1 is 0.771 bits per heavy atom. The fraction of sp³-hybridized carbons (Fsp3) is 0.107. The first-order valence-corrected chi connectivity index (χ1v) is 11.4. The van der Waals surface area contributed by atoms with Crippen LogP contribution >= 0.6 is 0 Å². The number of rotatable bonds is 6. The molecule has 0 radical (unpaired) electrons. The minimum absolute atomic E-state index is 0.320. The molecule has 0 unspecified atom stereocenters. The largest absolute Gasteiger partial charge is 0.489 e. The molecule has 6 aromatic rings. The third-order valence-corrected chi connectivity index (χ3v) is 6.24. The summed E-state index contributed by atoms with van der Waals surface area (Å²) >= 11 is 0. The zero-order valence-electron chi connectivity index (χ0n) is 18.7. The van der Waals surface area contributed by atoms with Gasteiger partial charge in [0.05, 0.1) is 17.6 Å². The van der Waals surface area contributed by atoms with Gasteiger partial charge >= 0.3 is 0 Å². The van der Waals surface area contributed by atoms with Gasteiger partial charge in [0.15, 0.2) is 5.75 Å². The lowest BCUT2D eigenvalue weighted by molar-refractivity contribution is 0.320. The van der Waals surface area contributed by atoms with E-state index < -0.39 is 0 Å². The topological polar surface area (TPSA) is 79.2 Å². The van der Waals surface area contributed by atoms with Crippen LogP contribution in [0, 0.1) is 11.6 Å². The standard InChI is InChI=1S/C28H22F2N4O/c29-17-7-9-23-19(13-17)21-15-22-20-14-18(30)8-10-24(20)34-26(22)27(25(21)33-23)35-12-4-11-32-28(31)16-5-2-1-3-6-16/h1-3,5-10,13-15,33-34H,4,11-12H2,(H2,31,32). The van der Waals surface area contributed by atoms with E-state index in [-0.39, 0.29) is 11.6 Å². The molecule has 2 heterocycles. The first-order valence-electron chi connectivity index (χ1n) is 11.4. The Balaban J connectivity index is 1.38. The van der Waals surface area contributed by atoms with Crippen LogP contribution < -0.4 is 10.5 Å². The highest BCUT2D eigenvalue weighted by molar-refractivity contribution is 6.20. The zero-order chi connectivity index (χ0) is 23.9. The maximum absolute atomic E-state index is 14.1. The molecule has 0 saturated carbocycles. The fourth-order valence-corrected chi connectivity index (χ4v) is 4.58. The van der Waals surface area contributed by atoms with Gasteiger partial charge in [-0.2, -0.15) is 0 Å². The number of hydrogen-bond acceptors (Lipinski definition) is 2. The summed E-state index contributed by atoms with van der Waals surface area (Å²) in [5.41, 5.74) is 10.1. The number of nitrogens with one attached hydrogen (secondary N) is 2. The normalized spacial score (nSPS) is 12.3. The van der Waals surface area contributed by atoms with Gasteiger partial charge in [-0.15, -0.1) is 0 Å². The van der Waals surface area contributed by atoms with Crippen molar-refractivity contribution >= 4 is 49.4 Å². The number of amidine groups is 1. The van der Waals surface area contributed by atoms with Crippen molar-refractivity contribution < 1.29 is 13.5 Å². The van der Waals surface area contributed by atoms with Crippen LogP contribution in [-0.4, -0.2) is 29.0 Å². The number of halogens is 2. The van der Waals surface area contributed by atoms with Crippen LogP contribution in [-0.2, 0) is 0 Å². The lowest BCUT2D eigenvalue weighted by atomic mass is 10.1. The number of hydrogen-bond donors (Lipinski definition) is 3. The second kappa shape index (κ2) is 8.43. The van der Waals surface area contributed by atoms with E-state index in [2.05, 4.69) is 15.0 Å². The Hall–Kier alpha value is -4.39. The number of aliphatic imine (C=N–C) groups is 1. The number of nitrogens with zero attached hydrogens (tertiary/aromatic N) is 1. The molecule has 0 aliphatic rings. The lowest BCUT2D eigenvalue weighted by Crippen LogP contribution is -2.14. The van der Waals surface area contributed by atoms with Crippen LogP contribution in [0.25, 0.3) is 43.6 Å². The van der Waals surface area contributed by atoms with Gasteiger partial charge < -0.3 is 20.4 Å². The average Bonchev–Trinajstić information content (AvgIpc) is 3.41. The van der Waals surface area contributed by atoms with Crippen molar-refractivity contribution in [2.75, 3.05) is 13.2 Å². The molecule has 0 fully saturated rings. The first kappa shape index (κ1) is 21.2. The molecule has 2 aromatic heterocycles. The van der Waals surface area contributed by atoms with E-state index in [9.17, 15) is 8.78 Å². The summed E-state index contributed by atoms with van der Waals surface area (Å²) in [5.74, 6) is 0.468. The van der Waals surface area contributed by atoms with Crippen molar-refractivity contribution in [2.24, 2.45) is 10.7 Å². The van der Waals surface area contributed by atoms with Crippen LogP contribution in [0.1, 0.15) is 12.0 Å². The van der Waals surface area contributed by atoms with Crippen LogP contribution in [0.15, 0.2) is 77.8 Å². The number of aromatic nitrogens is 2. The Bertz CT molecular complexity index is 1640. The van der Waals surface area contributed by atoms with Gasteiger partial charge in [0, 0.05) is 51.1 Å². The lowest BCUT2D eigenvalue weighted by Gasteiger charge is -2.09. The maximum atomic E-state index is 14.1. The average molecular weight is 469 g/mol. The Labute approximate surface area is 199 Å². The molecule has 0 bridgehead atoms. The highest BCUT2D eigenvalue weighted by Crippen LogP contribution is 2.41. The predicted octanol–water partition coefficient (Wildman–Crippen LogP) is 6.41. The van der Waals surface area contributed by atoms with Gasteiger partial charge in [-0.25, -0.2) is 8.78 Å². The van der Waals surface area contributed by atoms with Crippen LogP contribution in [0.5, 0.6) is 5.75 Å². The van der Waals surface area contributed by atoms with Gasteiger partial charge in [-0.1, -0.05) is 30.3 Å². The first-order chi connectivity index (χ1) is 17.1. The van der Waals surface area contributed by atoms with Gasteiger partial charge in [0.25, 0.3) is 0 Å². The van der Waals surface area contributed by atoms with Gasteiger partial charge in [0.1, 0.15) is 17.5 Å². The van der Waals surface area contributed by atoms with Gasteiger partial charge in [-0.3, -0.25) is 4.99 Å². The predicted molar refractivity (Wildman–Crippen MR) is 137 cm³/mol. The smallest absolute Gasteiger partial charge is 0.167 e. The second-order valence-electron chi connectivity index (χ2n) is 8.52. The molecule has 4 aromatic carbocycles. The molecule has 0 saturated heterocycles. The minimum Gasteiger partial charge on any atom is -0.489 e. The molecule has 7 heteroatoms. The molecule has 35 heavy (non-hydrogen) atoms. The Kier molecular flexibility index (Phi) is 5.10. The summed E-state index contributed by atoms with van der Waals surface area (Å²) in [6.07, 6.45) is 0.648. The molecule has 6 rings (SSSR count). The summed E-state index contributed by atoms with van der Waals surface area (Å²) in [6.45, 7) is 0.906. The quantitative estimate of drug-likeness (QED) is 0.150. The van der Waals surface area contributed by atoms with Crippen molar-refractivity contribution in [3.63, 3.8) is 0 Å². The maximum Gasteiger partial charge on any atom is 0.167 e. The van der Waals surface area contributed by atoms with Gasteiger partial charge in [-0.05, 0) is 42.5 Å². The number of benzene rings is 4. The summed E-state index contributed by atoms with van der Waals surface area (Å²) in [6, 6.07) is 20.8. The summed E-state index contributed by atoms with van der Waals surface area (Å²) in [5, 5.41) is 3.13. The summed E-state index contributed by atoms with van der Waals surface area (Å²) < 4.78 is 34.4. The zero-order valence-corrected chi connectivity index (χ0v) is 18.7. The molecule has 0 spiro atoms. The molecular formula is C28H22F2N4O. The third-order valence-electron chi connectivity index (χ3n) is 6.24. The SMILES string of the molecule is NC(=NCCCOc1c2[nH]c3ccc(F)cc3c2cc2c1[nH]c1ccc(F)cc12)c1ccccc1. The molecule has 5 nitrogen and oxygen atoms in total. The number of H-pyrrole nitrogens is 2. The second-order valence-corrected chi connectivity index (χ2v) is 8.52. The number of aromatic amines is 2. The summed E-state index contributed by atoms with van der Waals surface area (Å²) in [4.78, 5) is 11.2. The highest BCUT2D eigenvalue weighted by Gasteiger charge is 2.18. The number of nitrogens with two attached hydrogens (primary N) is 1. The van der Waals surface area contributed by atoms with Crippen molar-refractivity contribution in [2.45, 2.75) is 6.42 Å². The highest BCUT2D eigenvalue weighted by atomic mass is 19.1. The number of ether oxygens (including phenoxy) is 1. The van der Waals surface area contributed by atoms with E-state index in [4.69, 9.17) is 10.5 Å². The van der Waals surface area contributed by atoms with E-state index in [1.807, 2.05) is 36.4 Å². The van der Waals surface area contributed by atoms with E-state index in [0.29, 0.717) is 31.2 Å². The van der Waals surface area contributed by atoms with Crippen molar-refractivity contribution in [3.05, 3.63) is 90.0 Å². The molecule has 0 amide bonds. The monoisotopic (exact) mass is 468 g/mol. The van der Waals surface area contributed by atoms with Gasteiger partial charge in [0.2, 0.25) is 0 Å². The molecular weight excluding hydrogens is 446 g/mol. The Morgan fingerprint density at radius 2 is 1.37 bits per heavy atom. The van der Waals surface area contributed by atoms with Crippen molar-refractivity contribution in [1.82, 2.24) is 9.97 Å². The van der Waals surface area contributed by atoms with Crippen LogP contribution in [0.4, 0.5) is 8.78 Å². The van der Waals surface area contributed by atoms with E-state index in [0.717, 1.165) is 49.2 Å². The Morgan fingerprint density at radius 3 is 1.97 bits per heavy atom. The van der Waals surface area contributed by atoms with E-state index in [1.165, 1.54) is 24.3 Å². The molecule has 0 aliphatic carbocycles. The van der Waals surface area contributed by atoms with E-state index >= 15 is 0 Å². The third kappa shape index (κ3) is 3.75. The van der Waals surface area contributed by atoms with Crippen LogP contribution in [0.3, 0.4) is 0 Å². The van der Waals surface area contributed by atoms with Crippen LogP contribution in [0.2, 0.25) is 0 Å². The molecule has 0 aliphatic heterocycles. The molecule has 0 atom stereocenters.